The molecule has 2 fully saturated rings. The van der Waals surface area contributed by atoms with Crippen LogP contribution in [0.25, 0.3) is 0 Å². The van der Waals surface area contributed by atoms with Crippen LogP contribution < -0.4 is 0 Å². The third-order valence-corrected chi connectivity index (χ3v) is 4.62. The average Bonchev–Trinajstić information content (AvgIpc) is 2.29. The highest BCUT2D eigenvalue weighted by atomic mass is 15.2. The first-order valence-electron chi connectivity index (χ1n) is 7.79. The zero-order valence-corrected chi connectivity index (χ0v) is 12.2. The molecule has 0 aromatic carbocycles. The lowest BCUT2D eigenvalue weighted by Crippen LogP contribution is -2.41. The average molecular weight is 237 g/mol. The molecule has 0 aromatic rings. The second-order valence-electron chi connectivity index (χ2n) is 7.54. The Hall–Kier alpha value is -0.0400. The minimum Gasteiger partial charge on any atom is -0.300 e. The van der Waals surface area contributed by atoms with Gasteiger partial charge in [-0.2, -0.15) is 0 Å². The first-order chi connectivity index (χ1) is 8.04. The van der Waals surface area contributed by atoms with Crippen LogP contribution in [0, 0.1) is 11.3 Å². The molecule has 1 nitrogen and oxygen atoms in total. The maximum atomic E-state index is 2.79. The topological polar surface area (TPSA) is 3.24 Å². The van der Waals surface area contributed by atoms with Crippen molar-refractivity contribution in [1.29, 1.82) is 0 Å². The lowest BCUT2D eigenvalue weighted by atomic mass is 9.76. The summed E-state index contributed by atoms with van der Waals surface area (Å²) in [4.78, 5) is 2.79. The monoisotopic (exact) mass is 237 g/mol. The van der Waals surface area contributed by atoms with E-state index in [4.69, 9.17) is 0 Å². The summed E-state index contributed by atoms with van der Waals surface area (Å²) in [5, 5.41) is 0. The maximum absolute atomic E-state index is 2.79. The third kappa shape index (κ3) is 4.28. The predicted octanol–water partition coefficient (Wildman–Crippen LogP) is 4.47. The Kier molecular flexibility index (Phi) is 4.52. The molecule has 1 saturated carbocycles. The molecule has 100 valence electrons. The first-order valence-corrected chi connectivity index (χ1v) is 7.79. The molecule has 0 spiro atoms. The molecule has 0 radical (unpaired) electrons. The normalized spacial score (nSPS) is 32.6. The van der Waals surface area contributed by atoms with Gasteiger partial charge in [0.05, 0.1) is 0 Å². The van der Waals surface area contributed by atoms with E-state index >= 15 is 0 Å². The van der Waals surface area contributed by atoms with Crippen molar-refractivity contribution in [3.63, 3.8) is 0 Å². The molecule has 0 N–H and O–H groups in total. The van der Waals surface area contributed by atoms with Crippen molar-refractivity contribution in [2.45, 2.75) is 78.2 Å². The largest absolute Gasteiger partial charge is 0.300 e. The number of piperidine rings is 1. The molecule has 1 aliphatic heterocycles. The van der Waals surface area contributed by atoms with E-state index in [9.17, 15) is 0 Å². The van der Waals surface area contributed by atoms with E-state index in [-0.39, 0.29) is 0 Å². The van der Waals surface area contributed by atoms with Crippen LogP contribution in [0.1, 0.15) is 72.1 Å². The number of rotatable bonds is 2. The van der Waals surface area contributed by atoms with E-state index in [1.165, 1.54) is 64.5 Å². The summed E-state index contributed by atoms with van der Waals surface area (Å²) in [6, 6.07) is 0.937. The highest BCUT2D eigenvalue weighted by Gasteiger charge is 2.28. The molecule has 0 aromatic heterocycles. The van der Waals surface area contributed by atoms with Crippen LogP contribution in [0.4, 0.5) is 0 Å². The fourth-order valence-corrected chi connectivity index (χ4v) is 3.86. The van der Waals surface area contributed by atoms with Gasteiger partial charge in [0.1, 0.15) is 0 Å². The van der Waals surface area contributed by atoms with Gasteiger partial charge in [0.25, 0.3) is 0 Å². The molecule has 0 atom stereocenters. The molecule has 1 aliphatic carbocycles. The Morgan fingerprint density at radius 2 is 1.47 bits per heavy atom. The van der Waals surface area contributed by atoms with Crippen LogP contribution in [-0.4, -0.2) is 24.0 Å². The van der Waals surface area contributed by atoms with Crippen LogP contribution >= 0.6 is 0 Å². The quantitative estimate of drug-likeness (QED) is 0.685. The summed E-state index contributed by atoms with van der Waals surface area (Å²) in [6.45, 7) is 9.94. The van der Waals surface area contributed by atoms with Gasteiger partial charge in [-0.3, -0.25) is 0 Å². The maximum Gasteiger partial charge on any atom is 0.00954 e. The third-order valence-electron chi connectivity index (χ3n) is 4.62. The van der Waals surface area contributed by atoms with Crippen molar-refractivity contribution in [1.82, 2.24) is 4.90 Å². The SMILES string of the molecule is CC(C)(C)CC1CCC(N2CCCCC2)CC1. The molecule has 2 aliphatic rings. The summed E-state index contributed by atoms with van der Waals surface area (Å²) in [5.74, 6) is 1.01. The molecule has 1 heterocycles. The molecule has 1 saturated heterocycles. The van der Waals surface area contributed by atoms with Crippen LogP contribution in [0.5, 0.6) is 0 Å². The summed E-state index contributed by atoms with van der Waals surface area (Å²) < 4.78 is 0. The zero-order chi connectivity index (χ0) is 12.3. The van der Waals surface area contributed by atoms with Crippen molar-refractivity contribution < 1.29 is 0 Å². The second-order valence-corrected chi connectivity index (χ2v) is 7.54. The molecular weight excluding hydrogens is 206 g/mol. The summed E-state index contributed by atoms with van der Waals surface area (Å²) in [5.41, 5.74) is 0.530. The highest BCUT2D eigenvalue weighted by molar-refractivity contribution is 4.82. The Morgan fingerprint density at radius 3 is 2.00 bits per heavy atom. The fraction of sp³-hybridized carbons (Fsp3) is 1.00. The Balaban J connectivity index is 1.73. The van der Waals surface area contributed by atoms with Crippen LogP contribution in [0.3, 0.4) is 0 Å². The van der Waals surface area contributed by atoms with Gasteiger partial charge in [-0.1, -0.05) is 27.2 Å². The van der Waals surface area contributed by atoms with E-state index in [0.29, 0.717) is 5.41 Å². The lowest BCUT2D eigenvalue weighted by Gasteiger charge is -2.40. The number of hydrogen-bond donors (Lipinski definition) is 0. The van der Waals surface area contributed by atoms with Crippen molar-refractivity contribution in [2.75, 3.05) is 13.1 Å². The van der Waals surface area contributed by atoms with Gasteiger partial charge in [0, 0.05) is 6.04 Å². The molecule has 17 heavy (non-hydrogen) atoms. The van der Waals surface area contributed by atoms with E-state index < -0.39 is 0 Å². The molecule has 0 amide bonds. The van der Waals surface area contributed by atoms with Crippen LogP contribution in [0.2, 0.25) is 0 Å². The van der Waals surface area contributed by atoms with E-state index in [0.717, 1.165) is 12.0 Å². The predicted molar refractivity (Wildman–Crippen MR) is 75.2 cm³/mol. The first kappa shape index (κ1) is 13.4. The molecule has 2 rings (SSSR count). The van der Waals surface area contributed by atoms with Gasteiger partial charge in [0.2, 0.25) is 0 Å². The molecule has 0 unspecified atom stereocenters. The zero-order valence-electron chi connectivity index (χ0n) is 12.2. The smallest absolute Gasteiger partial charge is 0.00954 e. The van der Waals surface area contributed by atoms with Crippen LogP contribution in [0.15, 0.2) is 0 Å². The van der Waals surface area contributed by atoms with Crippen molar-refractivity contribution in [3.05, 3.63) is 0 Å². The van der Waals surface area contributed by atoms with Crippen molar-refractivity contribution >= 4 is 0 Å². The molecule has 0 bridgehead atoms. The van der Waals surface area contributed by atoms with Gasteiger partial charge in [-0.25, -0.2) is 0 Å². The summed E-state index contributed by atoms with van der Waals surface area (Å²) >= 11 is 0. The summed E-state index contributed by atoms with van der Waals surface area (Å²) in [6.07, 6.45) is 11.7. The van der Waals surface area contributed by atoms with Crippen molar-refractivity contribution in [2.24, 2.45) is 11.3 Å². The van der Waals surface area contributed by atoms with Gasteiger partial charge in [-0.15, -0.1) is 0 Å². The van der Waals surface area contributed by atoms with E-state index in [1.807, 2.05) is 0 Å². The highest BCUT2D eigenvalue weighted by Crippen LogP contribution is 2.36. The van der Waals surface area contributed by atoms with Gasteiger partial charge in [-0.05, 0) is 69.4 Å². The fourth-order valence-electron chi connectivity index (χ4n) is 3.86. The van der Waals surface area contributed by atoms with Gasteiger partial charge >= 0.3 is 0 Å². The minimum atomic E-state index is 0.530. The standard InChI is InChI=1S/C16H31N/c1-16(2,3)13-14-7-9-15(10-8-14)17-11-5-4-6-12-17/h14-15H,4-13H2,1-3H3. The summed E-state index contributed by atoms with van der Waals surface area (Å²) in [7, 11) is 0. The van der Waals surface area contributed by atoms with E-state index in [2.05, 4.69) is 25.7 Å². The Morgan fingerprint density at radius 1 is 0.882 bits per heavy atom. The number of likely N-dealkylation sites (tertiary alicyclic amines) is 1. The Labute approximate surface area is 108 Å². The van der Waals surface area contributed by atoms with Crippen LogP contribution in [-0.2, 0) is 0 Å². The van der Waals surface area contributed by atoms with Gasteiger partial charge in [0.15, 0.2) is 0 Å². The number of hydrogen-bond acceptors (Lipinski definition) is 1. The Bertz CT molecular complexity index is 214. The molecular formula is C16H31N. The second kappa shape index (κ2) is 5.73. The van der Waals surface area contributed by atoms with Gasteiger partial charge < -0.3 is 4.90 Å². The number of nitrogens with zero attached hydrogens (tertiary/aromatic N) is 1. The molecule has 1 heteroatoms. The van der Waals surface area contributed by atoms with Crippen molar-refractivity contribution in [3.8, 4) is 0 Å². The minimum absolute atomic E-state index is 0.530. The lowest BCUT2D eigenvalue weighted by molar-refractivity contribution is 0.104. The van der Waals surface area contributed by atoms with E-state index in [1.54, 1.807) is 0 Å².